The SMILES string of the molecule is CC(C)CN(CCC(=O)O)C(=O)c1cc(-c2ccccc2Cl)on1. The van der Waals surface area contributed by atoms with Crippen molar-refractivity contribution in [1.29, 1.82) is 0 Å². The van der Waals surface area contributed by atoms with Crippen LogP contribution in [0.25, 0.3) is 11.3 Å². The molecule has 0 saturated carbocycles. The molecule has 7 heteroatoms. The summed E-state index contributed by atoms with van der Waals surface area (Å²) in [5, 5.41) is 13.2. The van der Waals surface area contributed by atoms with E-state index in [-0.39, 0.29) is 30.5 Å². The molecule has 1 aromatic carbocycles. The third-order valence-electron chi connectivity index (χ3n) is 3.34. The lowest BCUT2D eigenvalue weighted by atomic mass is 10.1. The van der Waals surface area contributed by atoms with E-state index in [4.69, 9.17) is 21.2 Å². The normalized spacial score (nSPS) is 10.8. The van der Waals surface area contributed by atoms with Gasteiger partial charge in [0.1, 0.15) is 0 Å². The van der Waals surface area contributed by atoms with Crippen molar-refractivity contribution in [1.82, 2.24) is 10.1 Å². The number of aliphatic carboxylic acids is 1. The second-order valence-electron chi connectivity index (χ2n) is 5.85. The summed E-state index contributed by atoms with van der Waals surface area (Å²) < 4.78 is 5.24. The van der Waals surface area contributed by atoms with E-state index in [1.54, 1.807) is 18.2 Å². The van der Waals surface area contributed by atoms with E-state index >= 15 is 0 Å². The number of carbonyl (C=O) groups is 2. The van der Waals surface area contributed by atoms with E-state index in [0.29, 0.717) is 22.9 Å². The van der Waals surface area contributed by atoms with Gasteiger partial charge in [-0.15, -0.1) is 0 Å². The van der Waals surface area contributed by atoms with Gasteiger partial charge in [0.2, 0.25) is 0 Å². The molecule has 0 saturated heterocycles. The lowest BCUT2D eigenvalue weighted by Crippen LogP contribution is -2.36. The summed E-state index contributed by atoms with van der Waals surface area (Å²) in [6, 6.07) is 8.62. The van der Waals surface area contributed by atoms with Crippen molar-refractivity contribution in [2.45, 2.75) is 20.3 Å². The minimum atomic E-state index is -0.950. The number of carboxylic acid groups (broad SMARTS) is 1. The van der Waals surface area contributed by atoms with Crippen LogP contribution in [0.2, 0.25) is 5.02 Å². The summed E-state index contributed by atoms with van der Waals surface area (Å²) in [5.41, 5.74) is 0.780. The molecule has 128 valence electrons. The summed E-state index contributed by atoms with van der Waals surface area (Å²) in [7, 11) is 0. The Kier molecular flexibility index (Phi) is 5.98. The highest BCUT2D eigenvalue weighted by molar-refractivity contribution is 6.33. The summed E-state index contributed by atoms with van der Waals surface area (Å²) in [6.45, 7) is 4.49. The molecule has 0 spiro atoms. The van der Waals surface area contributed by atoms with Crippen LogP contribution in [-0.4, -0.2) is 40.1 Å². The van der Waals surface area contributed by atoms with Crippen molar-refractivity contribution in [2.75, 3.05) is 13.1 Å². The first-order chi connectivity index (χ1) is 11.4. The molecule has 0 bridgehead atoms. The zero-order valence-electron chi connectivity index (χ0n) is 13.5. The Morgan fingerprint density at radius 3 is 2.67 bits per heavy atom. The number of carboxylic acids is 1. The third kappa shape index (κ3) is 4.58. The minimum Gasteiger partial charge on any atom is -0.481 e. The second-order valence-corrected chi connectivity index (χ2v) is 6.25. The molecule has 1 aromatic heterocycles. The maximum absolute atomic E-state index is 12.6. The van der Waals surface area contributed by atoms with Crippen LogP contribution in [0.15, 0.2) is 34.9 Å². The summed E-state index contributed by atoms with van der Waals surface area (Å²) in [5.74, 6) is -0.704. The van der Waals surface area contributed by atoms with Crippen molar-refractivity contribution >= 4 is 23.5 Å². The molecule has 1 N–H and O–H groups in total. The number of carbonyl (C=O) groups excluding carboxylic acids is 1. The number of hydrogen-bond acceptors (Lipinski definition) is 4. The van der Waals surface area contributed by atoms with E-state index < -0.39 is 5.97 Å². The smallest absolute Gasteiger partial charge is 0.305 e. The highest BCUT2D eigenvalue weighted by Gasteiger charge is 2.22. The Hall–Kier alpha value is -2.34. The van der Waals surface area contributed by atoms with Crippen molar-refractivity contribution in [3.8, 4) is 11.3 Å². The van der Waals surface area contributed by atoms with E-state index in [0.717, 1.165) is 0 Å². The molecule has 2 rings (SSSR count). The van der Waals surface area contributed by atoms with Crippen molar-refractivity contribution in [2.24, 2.45) is 5.92 Å². The fourth-order valence-corrected chi connectivity index (χ4v) is 2.50. The van der Waals surface area contributed by atoms with Crippen LogP contribution in [-0.2, 0) is 4.79 Å². The number of halogens is 1. The Bertz CT molecular complexity index is 727. The van der Waals surface area contributed by atoms with Crippen molar-refractivity contribution < 1.29 is 19.2 Å². The molecular weight excluding hydrogens is 332 g/mol. The number of aromatic nitrogens is 1. The van der Waals surface area contributed by atoms with Crippen LogP contribution in [0, 0.1) is 5.92 Å². The highest BCUT2D eigenvalue weighted by atomic mass is 35.5. The van der Waals surface area contributed by atoms with E-state index in [2.05, 4.69) is 5.16 Å². The van der Waals surface area contributed by atoms with Crippen LogP contribution in [0.5, 0.6) is 0 Å². The molecule has 0 aliphatic rings. The van der Waals surface area contributed by atoms with Crippen molar-refractivity contribution in [3.05, 3.63) is 41.0 Å². The van der Waals surface area contributed by atoms with E-state index in [1.807, 2.05) is 19.9 Å². The van der Waals surface area contributed by atoms with Gasteiger partial charge < -0.3 is 14.5 Å². The van der Waals surface area contributed by atoms with Crippen LogP contribution in [0.1, 0.15) is 30.8 Å². The predicted molar refractivity (Wildman–Crippen MR) is 89.9 cm³/mol. The standard InChI is InChI=1S/C17H19ClN2O4/c1-11(2)10-20(8-7-16(21)22)17(23)14-9-15(24-19-14)12-5-3-4-6-13(12)18/h3-6,9,11H,7-8,10H2,1-2H3,(H,21,22). The molecule has 0 atom stereocenters. The summed E-state index contributed by atoms with van der Waals surface area (Å²) in [4.78, 5) is 24.9. The number of benzene rings is 1. The molecule has 1 heterocycles. The average Bonchev–Trinajstić information content (AvgIpc) is 3.00. The number of amides is 1. The maximum atomic E-state index is 12.6. The van der Waals surface area contributed by atoms with Gasteiger partial charge in [-0.3, -0.25) is 9.59 Å². The lowest BCUT2D eigenvalue weighted by molar-refractivity contribution is -0.137. The Morgan fingerprint density at radius 2 is 2.04 bits per heavy atom. The first-order valence-corrected chi connectivity index (χ1v) is 7.99. The Morgan fingerprint density at radius 1 is 1.33 bits per heavy atom. The van der Waals surface area contributed by atoms with Gasteiger partial charge in [0.05, 0.1) is 11.4 Å². The molecule has 24 heavy (non-hydrogen) atoms. The first-order valence-electron chi connectivity index (χ1n) is 7.61. The van der Waals surface area contributed by atoms with Crippen LogP contribution < -0.4 is 0 Å². The molecule has 6 nitrogen and oxygen atoms in total. The van der Waals surface area contributed by atoms with Gasteiger partial charge in [-0.1, -0.05) is 42.7 Å². The Balaban J connectivity index is 2.21. The van der Waals surface area contributed by atoms with Crippen LogP contribution >= 0.6 is 11.6 Å². The molecule has 2 aromatic rings. The maximum Gasteiger partial charge on any atom is 0.305 e. The molecular formula is C17H19ClN2O4. The van der Waals surface area contributed by atoms with Gasteiger partial charge >= 0.3 is 5.97 Å². The highest BCUT2D eigenvalue weighted by Crippen LogP contribution is 2.28. The van der Waals surface area contributed by atoms with Crippen LogP contribution in [0.4, 0.5) is 0 Å². The largest absolute Gasteiger partial charge is 0.481 e. The monoisotopic (exact) mass is 350 g/mol. The minimum absolute atomic E-state index is 0.117. The summed E-state index contributed by atoms with van der Waals surface area (Å²) in [6.07, 6.45) is -0.117. The molecule has 0 aliphatic carbocycles. The number of nitrogens with zero attached hydrogens (tertiary/aromatic N) is 2. The molecule has 0 aliphatic heterocycles. The molecule has 0 radical (unpaired) electrons. The zero-order valence-corrected chi connectivity index (χ0v) is 14.3. The lowest BCUT2D eigenvalue weighted by Gasteiger charge is -2.22. The Labute approximate surface area is 145 Å². The van der Waals surface area contributed by atoms with Gasteiger partial charge in [0.25, 0.3) is 5.91 Å². The number of hydrogen-bond donors (Lipinski definition) is 1. The molecule has 1 amide bonds. The second kappa shape index (κ2) is 7.97. The average molecular weight is 351 g/mol. The quantitative estimate of drug-likeness (QED) is 0.825. The first kappa shape index (κ1) is 18.0. The zero-order chi connectivity index (χ0) is 17.7. The number of rotatable bonds is 7. The third-order valence-corrected chi connectivity index (χ3v) is 3.67. The van der Waals surface area contributed by atoms with Gasteiger partial charge in [-0.2, -0.15) is 0 Å². The topological polar surface area (TPSA) is 83.6 Å². The van der Waals surface area contributed by atoms with Gasteiger partial charge in [-0.05, 0) is 18.1 Å². The molecule has 0 unspecified atom stereocenters. The molecule has 0 fully saturated rings. The van der Waals surface area contributed by atoms with E-state index in [1.165, 1.54) is 11.0 Å². The summed E-state index contributed by atoms with van der Waals surface area (Å²) >= 11 is 6.12. The predicted octanol–water partition coefficient (Wildman–Crippen LogP) is 3.57. The fourth-order valence-electron chi connectivity index (χ4n) is 2.27. The van der Waals surface area contributed by atoms with Crippen molar-refractivity contribution in [3.63, 3.8) is 0 Å². The van der Waals surface area contributed by atoms with Gasteiger partial charge in [-0.25, -0.2) is 0 Å². The van der Waals surface area contributed by atoms with Gasteiger partial charge in [0, 0.05) is 24.7 Å². The van der Waals surface area contributed by atoms with Gasteiger partial charge in [0.15, 0.2) is 11.5 Å². The fraction of sp³-hybridized carbons (Fsp3) is 0.353. The van der Waals surface area contributed by atoms with Crippen LogP contribution in [0.3, 0.4) is 0 Å². The van der Waals surface area contributed by atoms with E-state index in [9.17, 15) is 9.59 Å².